The Morgan fingerprint density at radius 2 is 2.11 bits per heavy atom. The molecule has 0 aliphatic heterocycles. The maximum absolute atomic E-state index is 12.3. The van der Waals surface area contributed by atoms with E-state index in [2.05, 4.69) is 10.5 Å². The number of oxime groups is 1. The van der Waals surface area contributed by atoms with Gasteiger partial charge in [-0.3, -0.25) is 9.59 Å². The Morgan fingerprint density at radius 1 is 1.50 bits per heavy atom. The standard InChI is InChI=1S/C11H20N4O3/c1-3-13-8(16)7-15(2)10(17)11(5-4-6-11)9(12)14-18/h18H,3-7H2,1-2H3,(H2,12,14)(H,13,16). The SMILES string of the molecule is CCNC(=O)CN(C)C(=O)C1(C(N)=NO)CCC1. The molecule has 0 saturated heterocycles. The number of carbonyl (C=O) groups excluding carboxylic acids is 2. The lowest BCUT2D eigenvalue weighted by Gasteiger charge is -2.41. The van der Waals surface area contributed by atoms with Crippen molar-refractivity contribution >= 4 is 17.6 Å². The van der Waals surface area contributed by atoms with Crippen LogP contribution in [0.2, 0.25) is 0 Å². The largest absolute Gasteiger partial charge is 0.409 e. The minimum Gasteiger partial charge on any atom is -0.409 e. The number of amides is 2. The van der Waals surface area contributed by atoms with E-state index in [0.717, 1.165) is 6.42 Å². The maximum Gasteiger partial charge on any atom is 0.239 e. The molecule has 0 aromatic heterocycles. The van der Waals surface area contributed by atoms with Gasteiger partial charge in [-0.2, -0.15) is 0 Å². The van der Waals surface area contributed by atoms with E-state index >= 15 is 0 Å². The molecule has 1 aliphatic carbocycles. The molecule has 4 N–H and O–H groups in total. The van der Waals surface area contributed by atoms with Crippen LogP contribution in [0.5, 0.6) is 0 Å². The van der Waals surface area contributed by atoms with Crippen molar-refractivity contribution in [1.82, 2.24) is 10.2 Å². The Morgan fingerprint density at radius 3 is 2.50 bits per heavy atom. The number of nitrogens with one attached hydrogen (secondary N) is 1. The molecule has 0 radical (unpaired) electrons. The molecule has 7 heteroatoms. The Bertz CT molecular complexity index is 363. The molecule has 0 heterocycles. The van der Waals surface area contributed by atoms with Crippen LogP contribution in [0.3, 0.4) is 0 Å². The van der Waals surface area contributed by atoms with E-state index in [1.807, 2.05) is 6.92 Å². The number of rotatable bonds is 5. The maximum atomic E-state index is 12.3. The molecule has 18 heavy (non-hydrogen) atoms. The molecule has 1 fully saturated rings. The van der Waals surface area contributed by atoms with Crippen molar-refractivity contribution in [2.24, 2.45) is 16.3 Å². The molecule has 102 valence electrons. The van der Waals surface area contributed by atoms with E-state index in [4.69, 9.17) is 10.9 Å². The molecular formula is C11H20N4O3. The molecular weight excluding hydrogens is 236 g/mol. The van der Waals surface area contributed by atoms with E-state index in [0.29, 0.717) is 19.4 Å². The van der Waals surface area contributed by atoms with Gasteiger partial charge in [-0.1, -0.05) is 11.6 Å². The Balaban J connectivity index is 2.70. The quantitative estimate of drug-likeness (QED) is 0.266. The number of likely N-dealkylation sites (N-methyl/N-ethyl adjacent to an activating group) is 2. The summed E-state index contributed by atoms with van der Waals surface area (Å²) in [6.07, 6.45) is 1.97. The van der Waals surface area contributed by atoms with Crippen LogP contribution in [0.1, 0.15) is 26.2 Å². The predicted octanol–water partition coefficient (Wildman–Crippen LogP) is -0.502. The lowest BCUT2D eigenvalue weighted by Crippen LogP contribution is -2.55. The zero-order valence-electron chi connectivity index (χ0n) is 10.8. The minimum absolute atomic E-state index is 0.0207. The van der Waals surface area contributed by atoms with Gasteiger partial charge in [0.2, 0.25) is 11.8 Å². The van der Waals surface area contributed by atoms with E-state index in [9.17, 15) is 9.59 Å². The number of nitrogens with zero attached hydrogens (tertiary/aromatic N) is 2. The van der Waals surface area contributed by atoms with Crippen molar-refractivity contribution in [3.05, 3.63) is 0 Å². The molecule has 1 aliphatic rings. The molecule has 0 spiro atoms. The van der Waals surface area contributed by atoms with Crippen LogP contribution < -0.4 is 11.1 Å². The Hall–Kier alpha value is -1.79. The summed E-state index contributed by atoms with van der Waals surface area (Å²) in [6.45, 7) is 2.31. The van der Waals surface area contributed by atoms with Crippen LogP contribution >= 0.6 is 0 Å². The lowest BCUT2D eigenvalue weighted by molar-refractivity contribution is -0.143. The van der Waals surface area contributed by atoms with E-state index in [1.54, 1.807) is 7.05 Å². The first-order valence-electron chi connectivity index (χ1n) is 5.98. The number of hydrogen-bond donors (Lipinski definition) is 3. The second-order valence-electron chi connectivity index (χ2n) is 4.54. The zero-order valence-corrected chi connectivity index (χ0v) is 10.8. The van der Waals surface area contributed by atoms with Gasteiger partial charge in [-0.25, -0.2) is 0 Å². The fourth-order valence-corrected chi connectivity index (χ4v) is 2.11. The average molecular weight is 256 g/mol. The predicted molar refractivity (Wildman–Crippen MR) is 66.0 cm³/mol. The van der Waals surface area contributed by atoms with Crippen LogP contribution in [-0.2, 0) is 9.59 Å². The lowest BCUT2D eigenvalue weighted by atomic mass is 9.67. The molecule has 1 rings (SSSR count). The Kier molecular flexibility index (Phi) is 4.52. The zero-order chi connectivity index (χ0) is 13.8. The third kappa shape index (κ3) is 2.55. The summed E-state index contributed by atoms with van der Waals surface area (Å²) in [5, 5.41) is 14.3. The topological polar surface area (TPSA) is 108 Å². The van der Waals surface area contributed by atoms with Crippen molar-refractivity contribution < 1.29 is 14.8 Å². The molecule has 0 bridgehead atoms. The van der Waals surface area contributed by atoms with Gasteiger partial charge in [-0.15, -0.1) is 0 Å². The van der Waals surface area contributed by atoms with Gasteiger partial charge in [0, 0.05) is 13.6 Å². The van der Waals surface area contributed by atoms with Gasteiger partial charge in [0.1, 0.15) is 5.41 Å². The number of carbonyl (C=O) groups is 2. The second kappa shape index (κ2) is 5.70. The molecule has 0 atom stereocenters. The third-order valence-corrected chi connectivity index (χ3v) is 3.32. The van der Waals surface area contributed by atoms with Crippen molar-refractivity contribution in [3.8, 4) is 0 Å². The summed E-state index contributed by atoms with van der Waals surface area (Å²) in [5.74, 6) is -0.556. The van der Waals surface area contributed by atoms with Gasteiger partial charge < -0.3 is 21.2 Å². The van der Waals surface area contributed by atoms with Gasteiger partial charge >= 0.3 is 0 Å². The van der Waals surface area contributed by atoms with Crippen LogP contribution in [-0.4, -0.2) is 47.9 Å². The second-order valence-corrected chi connectivity index (χ2v) is 4.54. The molecule has 2 amide bonds. The summed E-state index contributed by atoms with van der Waals surface area (Å²) < 4.78 is 0. The smallest absolute Gasteiger partial charge is 0.239 e. The van der Waals surface area contributed by atoms with E-state index < -0.39 is 5.41 Å². The van der Waals surface area contributed by atoms with Gasteiger partial charge in [0.25, 0.3) is 0 Å². The first-order chi connectivity index (χ1) is 8.47. The highest BCUT2D eigenvalue weighted by atomic mass is 16.4. The molecule has 1 saturated carbocycles. The monoisotopic (exact) mass is 256 g/mol. The highest BCUT2D eigenvalue weighted by molar-refractivity contribution is 6.08. The van der Waals surface area contributed by atoms with Crippen molar-refractivity contribution in [1.29, 1.82) is 0 Å². The normalized spacial score (nSPS) is 17.8. The Labute approximate surface area is 106 Å². The van der Waals surface area contributed by atoms with Crippen LogP contribution in [0.4, 0.5) is 0 Å². The highest BCUT2D eigenvalue weighted by Crippen LogP contribution is 2.42. The summed E-state index contributed by atoms with van der Waals surface area (Å²) >= 11 is 0. The van der Waals surface area contributed by atoms with Gasteiger partial charge in [0.15, 0.2) is 5.84 Å². The van der Waals surface area contributed by atoms with Crippen molar-refractivity contribution in [2.75, 3.05) is 20.1 Å². The fourth-order valence-electron chi connectivity index (χ4n) is 2.11. The number of nitrogens with two attached hydrogens (primary N) is 1. The van der Waals surface area contributed by atoms with Crippen molar-refractivity contribution in [3.63, 3.8) is 0 Å². The molecule has 0 aromatic carbocycles. The first-order valence-corrected chi connectivity index (χ1v) is 5.98. The molecule has 0 aromatic rings. The molecule has 0 unspecified atom stereocenters. The molecule has 7 nitrogen and oxygen atoms in total. The first kappa shape index (κ1) is 14.3. The summed E-state index contributed by atoms with van der Waals surface area (Å²) in [5.41, 5.74) is 4.67. The summed E-state index contributed by atoms with van der Waals surface area (Å²) in [7, 11) is 1.54. The van der Waals surface area contributed by atoms with E-state index in [1.165, 1.54) is 4.90 Å². The van der Waals surface area contributed by atoms with Gasteiger partial charge in [-0.05, 0) is 19.8 Å². The highest BCUT2D eigenvalue weighted by Gasteiger charge is 2.49. The van der Waals surface area contributed by atoms with Crippen LogP contribution in [0.25, 0.3) is 0 Å². The minimum atomic E-state index is -0.921. The van der Waals surface area contributed by atoms with E-state index in [-0.39, 0.29) is 24.2 Å². The summed E-state index contributed by atoms with van der Waals surface area (Å²) in [6, 6.07) is 0. The fraction of sp³-hybridized carbons (Fsp3) is 0.727. The van der Waals surface area contributed by atoms with Gasteiger partial charge in [0.05, 0.1) is 6.54 Å². The number of hydrogen-bond acceptors (Lipinski definition) is 4. The average Bonchev–Trinajstić information content (AvgIpc) is 2.27. The number of amidine groups is 1. The third-order valence-electron chi connectivity index (χ3n) is 3.32. The van der Waals surface area contributed by atoms with Crippen LogP contribution in [0, 0.1) is 5.41 Å². The van der Waals surface area contributed by atoms with Crippen LogP contribution in [0.15, 0.2) is 5.16 Å². The summed E-state index contributed by atoms with van der Waals surface area (Å²) in [4.78, 5) is 25.0. The van der Waals surface area contributed by atoms with Crippen molar-refractivity contribution in [2.45, 2.75) is 26.2 Å².